The van der Waals surface area contributed by atoms with Gasteiger partial charge in [0, 0.05) is 19.1 Å². The van der Waals surface area contributed by atoms with E-state index < -0.39 is 0 Å². The lowest BCUT2D eigenvalue weighted by Crippen LogP contribution is -2.38. The molecule has 1 aliphatic heterocycles. The molecule has 1 heterocycles. The predicted octanol–water partition coefficient (Wildman–Crippen LogP) is 0.831. The van der Waals surface area contributed by atoms with Crippen molar-refractivity contribution < 1.29 is 5.11 Å². The van der Waals surface area contributed by atoms with Crippen LogP contribution in [0.5, 0.6) is 0 Å². The average molecular weight is 212 g/mol. The van der Waals surface area contributed by atoms with Crippen LogP contribution in [0.1, 0.15) is 32.1 Å². The van der Waals surface area contributed by atoms with Gasteiger partial charge in [-0.2, -0.15) is 0 Å². The summed E-state index contributed by atoms with van der Waals surface area (Å²) in [5, 5.41) is 12.8. The Morgan fingerprint density at radius 2 is 1.93 bits per heavy atom. The van der Waals surface area contributed by atoms with Crippen LogP contribution in [0.4, 0.5) is 0 Å². The maximum atomic E-state index is 9.51. The van der Waals surface area contributed by atoms with Crippen molar-refractivity contribution in [2.24, 2.45) is 5.92 Å². The molecule has 0 spiro atoms. The van der Waals surface area contributed by atoms with Gasteiger partial charge in [-0.15, -0.1) is 0 Å². The summed E-state index contributed by atoms with van der Waals surface area (Å²) in [4.78, 5) is 2.50. The fourth-order valence-electron chi connectivity index (χ4n) is 3.10. The molecule has 1 saturated heterocycles. The molecule has 0 bridgehead atoms. The molecule has 1 unspecified atom stereocenters. The Morgan fingerprint density at radius 1 is 1.20 bits per heavy atom. The van der Waals surface area contributed by atoms with Crippen molar-refractivity contribution in [3.8, 4) is 0 Å². The summed E-state index contributed by atoms with van der Waals surface area (Å²) >= 11 is 0. The second kappa shape index (κ2) is 5.28. The fraction of sp³-hybridized carbons (Fsp3) is 1.00. The van der Waals surface area contributed by atoms with Crippen LogP contribution in [0.3, 0.4) is 0 Å². The van der Waals surface area contributed by atoms with Crippen LogP contribution in [0.25, 0.3) is 0 Å². The maximum Gasteiger partial charge on any atom is 0.0679 e. The summed E-state index contributed by atoms with van der Waals surface area (Å²) < 4.78 is 0. The smallest absolute Gasteiger partial charge is 0.0679 e. The Bertz CT molecular complexity index is 190. The van der Waals surface area contributed by atoms with Gasteiger partial charge in [-0.05, 0) is 51.6 Å². The molecule has 15 heavy (non-hydrogen) atoms. The maximum absolute atomic E-state index is 9.51. The Balaban J connectivity index is 1.73. The van der Waals surface area contributed by atoms with Crippen LogP contribution in [-0.2, 0) is 0 Å². The number of nitrogens with one attached hydrogen (secondary N) is 1. The van der Waals surface area contributed by atoms with Crippen LogP contribution in [0.15, 0.2) is 0 Å². The second-order valence-corrected chi connectivity index (χ2v) is 5.17. The Kier molecular flexibility index (Phi) is 4.00. The van der Waals surface area contributed by atoms with Crippen LogP contribution in [0.2, 0.25) is 0 Å². The molecule has 0 amide bonds. The Hall–Kier alpha value is -0.120. The van der Waals surface area contributed by atoms with Crippen molar-refractivity contribution in [2.45, 2.75) is 44.2 Å². The zero-order valence-electron chi connectivity index (χ0n) is 9.78. The lowest BCUT2D eigenvalue weighted by molar-refractivity contribution is 0.130. The molecule has 1 saturated carbocycles. The first-order valence-corrected chi connectivity index (χ1v) is 6.36. The largest absolute Gasteiger partial charge is 0.392 e. The third-order valence-electron chi connectivity index (χ3n) is 4.02. The number of aliphatic hydroxyl groups is 1. The topological polar surface area (TPSA) is 35.5 Å². The molecule has 2 aliphatic rings. The number of aliphatic hydroxyl groups excluding tert-OH is 1. The second-order valence-electron chi connectivity index (χ2n) is 5.17. The van der Waals surface area contributed by atoms with Crippen molar-refractivity contribution in [3.05, 3.63) is 0 Å². The molecule has 0 radical (unpaired) electrons. The van der Waals surface area contributed by atoms with Crippen molar-refractivity contribution in [2.75, 3.05) is 26.7 Å². The molecule has 3 heteroatoms. The van der Waals surface area contributed by atoms with Crippen LogP contribution in [-0.4, -0.2) is 48.8 Å². The number of β-amino-alcohol motifs (C(OH)–C–C–N with tert-alkyl or cyclic N) is 1. The van der Waals surface area contributed by atoms with Gasteiger partial charge in [-0.25, -0.2) is 0 Å². The van der Waals surface area contributed by atoms with Crippen molar-refractivity contribution >= 4 is 0 Å². The summed E-state index contributed by atoms with van der Waals surface area (Å²) in [6.07, 6.45) is 6.31. The summed E-state index contributed by atoms with van der Waals surface area (Å²) in [5.41, 5.74) is 0. The fourth-order valence-corrected chi connectivity index (χ4v) is 3.10. The molecular weight excluding hydrogens is 188 g/mol. The summed E-state index contributed by atoms with van der Waals surface area (Å²) in [5.74, 6) is 0.888. The summed E-state index contributed by atoms with van der Waals surface area (Å²) in [6, 6.07) is 0.759. The molecule has 0 aromatic heterocycles. The summed E-state index contributed by atoms with van der Waals surface area (Å²) in [7, 11) is 2.04. The highest BCUT2D eigenvalue weighted by Crippen LogP contribution is 2.29. The third kappa shape index (κ3) is 2.92. The van der Waals surface area contributed by atoms with E-state index in [2.05, 4.69) is 10.2 Å². The van der Waals surface area contributed by atoms with E-state index >= 15 is 0 Å². The van der Waals surface area contributed by atoms with Gasteiger partial charge < -0.3 is 10.4 Å². The van der Waals surface area contributed by atoms with Crippen LogP contribution in [0, 0.1) is 5.92 Å². The van der Waals surface area contributed by atoms with Crippen molar-refractivity contribution in [1.29, 1.82) is 0 Å². The molecule has 1 aliphatic carbocycles. The molecule has 2 rings (SSSR count). The summed E-state index contributed by atoms with van der Waals surface area (Å²) in [6.45, 7) is 3.21. The van der Waals surface area contributed by atoms with Gasteiger partial charge in [0.25, 0.3) is 0 Å². The van der Waals surface area contributed by atoms with Gasteiger partial charge in [0.2, 0.25) is 0 Å². The van der Waals surface area contributed by atoms with Gasteiger partial charge in [-0.3, -0.25) is 4.90 Å². The van der Waals surface area contributed by atoms with Crippen molar-refractivity contribution in [3.63, 3.8) is 0 Å². The molecule has 88 valence electrons. The van der Waals surface area contributed by atoms with E-state index in [1.54, 1.807) is 0 Å². The first-order valence-electron chi connectivity index (χ1n) is 6.36. The minimum Gasteiger partial charge on any atom is -0.392 e. The van der Waals surface area contributed by atoms with Crippen LogP contribution >= 0.6 is 0 Å². The van der Waals surface area contributed by atoms with Gasteiger partial charge in [0.1, 0.15) is 0 Å². The van der Waals surface area contributed by atoms with E-state index in [0.717, 1.165) is 31.5 Å². The third-order valence-corrected chi connectivity index (χ3v) is 4.02. The minimum absolute atomic E-state index is 0.0555. The molecule has 2 fully saturated rings. The molecule has 1 atom stereocenters. The van der Waals surface area contributed by atoms with E-state index in [1.165, 1.54) is 32.2 Å². The molecular formula is C12H24N2O. The first kappa shape index (κ1) is 11.4. The number of rotatable bonds is 3. The standard InChI is InChI=1S/C12H24N2O/c1-13-8-10-2-4-11(5-3-10)14-7-6-12(15)9-14/h10-13,15H,2-9H2,1H3. The molecule has 0 aromatic rings. The average Bonchev–Trinajstić information content (AvgIpc) is 2.67. The lowest BCUT2D eigenvalue weighted by Gasteiger charge is -2.34. The Morgan fingerprint density at radius 3 is 2.47 bits per heavy atom. The van der Waals surface area contributed by atoms with Gasteiger partial charge >= 0.3 is 0 Å². The van der Waals surface area contributed by atoms with Gasteiger partial charge in [-0.1, -0.05) is 0 Å². The monoisotopic (exact) mass is 212 g/mol. The molecule has 0 aromatic carbocycles. The zero-order chi connectivity index (χ0) is 10.7. The quantitative estimate of drug-likeness (QED) is 0.727. The highest BCUT2D eigenvalue weighted by molar-refractivity contribution is 4.85. The lowest BCUT2D eigenvalue weighted by atomic mass is 9.85. The van der Waals surface area contributed by atoms with Crippen LogP contribution < -0.4 is 5.32 Å². The first-order chi connectivity index (χ1) is 7.29. The minimum atomic E-state index is -0.0555. The van der Waals surface area contributed by atoms with E-state index in [0.29, 0.717) is 0 Å². The van der Waals surface area contributed by atoms with E-state index in [9.17, 15) is 5.11 Å². The van der Waals surface area contributed by atoms with E-state index in [-0.39, 0.29) is 6.10 Å². The number of hydrogen-bond donors (Lipinski definition) is 2. The van der Waals surface area contributed by atoms with Gasteiger partial charge in [0.05, 0.1) is 6.10 Å². The molecule has 3 nitrogen and oxygen atoms in total. The number of likely N-dealkylation sites (tertiary alicyclic amines) is 1. The Labute approximate surface area is 92.8 Å². The van der Waals surface area contributed by atoms with E-state index in [1.807, 2.05) is 7.05 Å². The highest BCUT2D eigenvalue weighted by atomic mass is 16.3. The molecule has 2 N–H and O–H groups in total. The SMILES string of the molecule is CNCC1CCC(N2CCC(O)C2)CC1. The normalized spacial score (nSPS) is 38.4. The van der Waals surface area contributed by atoms with Gasteiger partial charge in [0.15, 0.2) is 0 Å². The predicted molar refractivity (Wildman–Crippen MR) is 61.9 cm³/mol. The highest BCUT2D eigenvalue weighted by Gasteiger charge is 2.30. The number of hydrogen-bond acceptors (Lipinski definition) is 3. The zero-order valence-corrected chi connectivity index (χ0v) is 9.78. The van der Waals surface area contributed by atoms with Crippen molar-refractivity contribution in [1.82, 2.24) is 10.2 Å². The van der Waals surface area contributed by atoms with E-state index in [4.69, 9.17) is 0 Å². The number of nitrogens with zero attached hydrogens (tertiary/aromatic N) is 1.